The fraction of sp³-hybridized carbons (Fsp3) is 0.333. The second-order valence-electron chi connectivity index (χ2n) is 6.98. The number of terminal acetylenes is 1. The van der Waals surface area contributed by atoms with Crippen molar-refractivity contribution in [2.45, 2.75) is 45.7 Å². The van der Waals surface area contributed by atoms with E-state index in [1.807, 2.05) is 13.0 Å². The molecule has 9 nitrogen and oxygen atoms in total. The van der Waals surface area contributed by atoms with Crippen molar-refractivity contribution in [1.82, 2.24) is 10.6 Å². The molecule has 0 atom stereocenters. The fourth-order valence-electron chi connectivity index (χ4n) is 2.66. The van der Waals surface area contributed by atoms with Gasteiger partial charge in [0, 0.05) is 36.0 Å². The standard InChI is InChI=1S/C18H20N4O4.C4H6.C2H5N/c19-14(6-7-20-10-4-5-10)11-2-1-3-12-13(11)8-21-16(17(12)25)18(26)22-9-15(23)24;1-3-4-2;1-2-3/h1-3,6-7,10,21,25H,4-5,8-9,19H2,(H,22,26)(H,23,24);1H,4H2,2H3;2-3H,1H3/b14-6-,20-7?;;. The Balaban J connectivity index is 0.000000688. The van der Waals surface area contributed by atoms with Gasteiger partial charge in [0.25, 0.3) is 5.91 Å². The highest BCUT2D eigenvalue weighted by Crippen LogP contribution is 2.29. The van der Waals surface area contributed by atoms with Crippen LogP contribution in [0.5, 0.6) is 0 Å². The second-order valence-corrected chi connectivity index (χ2v) is 6.98. The minimum Gasteiger partial charge on any atom is -0.505 e. The van der Waals surface area contributed by atoms with E-state index in [1.54, 1.807) is 31.3 Å². The number of carbonyl (C=O) groups is 2. The van der Waals surface area contributed by atoms with Crippen LogP contribution in [0.1, 0.15) is 49.8 Å². The Morgan fingerprint density at radius 2 is 2.06 bits per heavy atom. The molecule has 1 amide bonds. The van der Waals surface area contributed by atoms with E-state index in [0.29, 0.717) is 17.3 Å². The van der Waals surface area contributed by atoms with Crippen molar-refractivity contribution in [1.29, 1.82) is 5.41 Å². The van der Waals surface area contributed by atoms with Gasteiger partial charge in [0.15, 0.2) is 5.76 Å². The van der Waals surface area contributed by atoms with Gasteiger partial charge in [-0.1, -0.05) is 25.1 Å². The molecule has 1 aliphatic carbocycles. The van der Waals surface area contributed by atoms with Crippen LogP contribution in [0.3, 0.4) is 0 Å². The Hall–Kier alpha value is -4.06. The molecule has 1 aliphatic heterocycles. The normalized spacial score (nSPS) is 14.4. The van der Waals surface area contributed by atoms with E-state index in [0.717, 1.165) is 30.4 Å². The highest BCUT2D eigenvalue weighted by molar-refractivity contribution is 6.01. The van der Waals surface area contributed by atoms with Gasteiger partial charge in [0.1, 0.15) is 12.2 Å². The lowest BCUT2D eigenvalue weighted by molar-refractivity contribution is -0.137. The number of allylic oxidation sites excluding steroid dienone is 1. The number of rotatable bonds is 6. The predicted molar refractivity (Wildman–Crippen MR) is 131 cm³/mol. The van der Waals surface area contributed by atoms with Crippen LogP contribution in [0, 0.1) is 17.8 Å². The maximum Gasteiger partial charge on any atom is 0.322 e. The Kier molecular flexibility index (Phi) is 11.5. The number of nitrogens with one attached hydrogen (secondary N) is 3. The van der Waals surface area contributed by atoms with E-state index >= 15 is 0 Å². The third-order valence-corrected chi connectivity index (χ3v) is 4.35. The summed E-state index contributed by atoms with van der Waals surface area (Å²) in [6.45, 7) is 3.36. The zero-order chi connectivity index (χ0) is 24.8. The van der Waals surface area contributed by atoms with Crippen molar-refractivity contribution < 1.29 is 19.8 Å². The van der Waals surface area contributed by atoms with Crippen LogP contribution >= 0.6 is 0 Å². The summed E-state index contributed by atoms with van der Waals surface area (Å²) in [5, 5.41) is 30.2. The number of aliphatic hydroxyl groups is 1. The summed E-state index contributed by atoms with van der Waals surface area (Å²) in [5.41, 5.74) is 8.58. The first-order chi connectivity index (χ1) is 15.8. The quantitative estimate of drug-likeness (QED) is 0.286. The third kappa shape index (κ3) is 8.91. The minimum atomic E-state index is -1.16. The molecule has 0 radical (unpaired) electrons. The van der Waals surface area contributed by atoms with E-state index in [1.165, 1.54) is 6.21 Å². The average molecular weight is 454 g/mol. The van der Waals surface area contributed by atoms with E-state index in [-0.39, 0.29) is 18.0 Å². The lowest BCUT2D eigenvalue weighted by Gasteiger charge is -2.23. The Morgan fingerprint density at radius 1 is 1.42 bits per heavy atom. The molecule has 1 aromatic rings. The molecule has 33 heavy (non-hydrogen) atoms. The highest BCUT2D eigenvalue weighted by Gasteiger charge is 2.25. The summed E-state index contributed by atoms with van der Waals surface area (Å²) in [7, 11) is 0. The zero-order valence-corrected chi connectivity index (χ0v) is 18.9. The number of carboxylic acid groups (broad SMARTS) is 1. The number of benzene rings is 1. The predicted octanol–water partition coefficient (Wildman–Crippen LogP) is 2.44. The summed E-state index contributed by atoms with van der Waals surface area (Å²) >= 11 is 0. The first-order valence-corrected chi connectivity index (χ1v) is 10.5. The Labute approximate surface area is 194 Å². The molecule has 9 heteroatoms. The molecule has 7 N–H and O–H groups in total. The molecule has 0 spiro atoms. The number of hydrogen-bond donors (Lipinski definition) is 6. The topological polar surface area (TPSA) is 161 Å². The number of carbonyl (C=O) groups excluding carboxylic acids is 1. The molecule has 1 fully saturated rings. The second kappa shape index (κ2) is 14.1. The van der Waals surface area contributed by atoms with Crippen molar-refractivity contribution in [3.63, 3.8) is 0 Å². The molecule has 176 valence electrons. The van der Waals surface area contributed by atoms with Gasteiger partial charge in [-0.15, -0.1) is 12.3 Å². The van der Waals surface area contributed by atoms with Crippen molar-refractivity contribution >= 4 is 35.8 Å². The van der Waals surface area contributed by atoms with E-state index in [2.05, 4.69) is 21.5 Å². The monoisotopic (exact) mass is 453 g/mol. The van der Waals surface area contributed by atoms with Gasteiger partial charge in [-0.25, -0.2) is 0 Å². The van der Waals surface area contributed by atoms with Gasteiger partial charge in [-0.05, 0) is 37.6 Å². The zero-order valence-electron chi connectivity index (χ0n) is 18.9. The molecule has 2 aliphatic rings. The molecule has 0 aromatic heterocycles. The van der Waals surface area contributed by atoms with Gasteiger partial charge >= 0.3 is 5.97 Å². The third-order valence-electron chi connectivity index (χ3n) is 4.35. The summed E-state index contributed by atoms with van der Waals surface area (Å²) < 4.78 is 0. The van der Waals surface area contributed by atoms with Crippen LogP contribution < -0.4 is 16.4 Å². The number of carboxylic acids is 1. The maximum atomic E-state index is 12.0. The van der Waals surface area contributed by atoms with Crippen molar-refractivity contribution in [2.75, 3.05) is 6.54 Å². The van der Waals surface area contributed by atoms with Crippen LogP contribution in [-0.4, -0.2) is 47.1 Å². The molecular formula is C24H31N5O4. The van der Waals surface area contributed by atoms with Crippen molar-refractivity contribution in [2.24, 2.45) is 10.7 Å². The van der Waals surface area contributed by atoms with E-state index in [9.17, 15) is 14.7 Å². The maximum absolute atomic E-state index is 12.0. The smallest absolute Gasteiger partial charge is 0.322 e. The number of amides is 1. The molecule has 1 aromatic carbocycles. The van der Waals surface area contributed by atoms with Crippen LogP contribution in [0.25, 0.3) is 11.5 Å². The van der Waals surface area contributed by atoms with Gasteiger partial charge in [0.05, 0.1) is 6.04 Å². The summed E-state index contributed by atoms with van der Waals surface area (Å²) in [4.78, 5) is 27.0. The van der Waals surface area contributed by atoms with Gasteiger partial charge in [0.2, 0.25) is 0 Å². The van der Waals surface area contributed by atoms with Gasteiger partial charge in [-0.2, -0.15) is 0 Å². The molecule has 3 rings (SSSR count). The number of aliphatic imine (C=N–C) groups is 1. The summed E-state index contributed by atoms with van der Waals surface area (Å²) in [5.74, 6) is 0.346. The molecule has 0 unspecified atom stereocenters. The largest absolute Gasteiger partial charge is 0.505 e. The number of hydrogen-bond acceptors (Lipinski definition) is 7. The van der Waals surface area contributed by atoms with Crippen LogP contribution in [0.4, 0.5) is 0 Å². The fourth-order valence-corrected chi connectivity index (χ4v) is 2.66. The minimum absolute atomic E-state index is 0.0613. The van der Waals surface area contributed by atoms with Crippen molar-refractivity contribution in [3.8, 4) is 12.3 Å². The number of nitrogens with two attached hydrogens (primary N) is 1. The van der Waals surface area contributed by atoms with Crippen LogP contribution in [0.15, 0.2) is 35.0 Å². The first kappa shape index (κ1) is 27.0. The van der Waals surface area contributed by atoms with E-state index < -0.39 is 18.4 Å². The lowest BCUT2D eigenvalue weighted by atomic mass is 9.94. The average Bonchev–Trinajstić information content (AvgIpc) is 3.62. The molecular weight excluding hydrogens is 422 g/mol. The molecule has 0 bridgehead atoms. The molecule has 1 heterocycles. The van der Waals surface area contributed by atoms with Crippen LogP contribution in [-0.2, 0) is 16.1 Å². The first-order valence-electron chi connectivity index (χ1n) is 10.5. The number of fused-ring (bicyclic) bond motifs is 1. The Bertz CT molecular complexity index is 985. The van der Waals surface area contributed by atoms with Crippen molar-refractivity contribution in [3.05, 3.63) is 46.7 Å². The SMILES string of the molecule is C#CCC.CC=N.N/C(=C\C=NC1CC1)c1cccc2c1CNC(C(=O)NCC(=O)O)=C2O. The highest BCUT2D eigenvalue weighted by atomic mass is 16.4. The number of nitrogens with zero attached hydrogens (tertiary/aromatic N) is 1. The van der Waals surface area contributed by atoms with E-state index in [4.69, 9.17) is 22.7 Å². The molecule has 0 saturated heterocycles. The lowest BCUT2D eigenvalue weighted by Crippen LogP contribution is -2.37. The van der Waals surface area contributed by atoms with Crippen LogP contribution in [0.2, 0.25) is 0 Å². The number of aliphatic hydroxyl groups excluding tert-OH is 1. The van der Waals surface area contributed by atoms with Gasteiger partial charge in [-0.3, -0.25) is 14.6 Å². The Morgan fingerprint density at radius 3 is 2.61 bits per heavy atom. The van der Waals surface area contributed by atoms with Gasteiger partial charge < -0.3 is 32.0 Å². The number of aliphatic carboxylic acids is 1. The summed E-state index contributed by atoms with van der Waals surface area (Å²) in [6.07, 6.45) is 12.5. The summed E-state index contributed by atoms with van der Waals surface area (Å²) in [6, 6.07) is 5.66. The molecule has 1 saturated carbocycles.